The van der Waals surface area contributed by atoms with Gasteiger partial charge in [-0.15, -0.1) is 0 Å². The number of aliphatic hydroxyl groups excluding tert-OH is 1. The van der Waals surface area contributed by atoms with Gasteiger partial charge in [-0.1, -0.05) is 28.1 Å². The maximum Gasteiger partial charge on any atom is 0.137 e. The highest BCUT2D eigenvalue weighted by molar-refractivity contribution is 9.10. The molecule has 0 amide bonds. The molecule has 0 radical (unpaired) electrons. The van der Waals surface area contributed by atoms with E-state index < -0.39 is 6.10 Å². The zero-order valence-electron chi connectivity index (χ0n) is 10.3. The lowest BCUT2D eigenvalue weighted by Crippen LogP contribution is -2.19. The maximum atomic E-state index is 13.6. The number of hydrogen-bond donors (Lipinski definition) is 1. The van der Waals surface area contributed by atoms with Crippen LogP contribution in [0.5, 0.6) is 5.75 Å². The van der Waals surface area contributed by atoms with Crippen molar-refractivity contribution in [1.29, 1.82) is 0 Å². The van der Waals surface area contributed by atoms with Crippen LogP contribution >= 0.6 is 31.9 Å². The van der Waals surface area contributed by atoms with Gasteiger partial charge in [-0.25, -0.2) is 4.39 Å². The van der Waals surface area contributed by atoms with E-state index in [2.05, 4.69) is 31.9 Å². The van der Waals surface area contributed by atoms with Gasteiger partial charge in [0.2, 0.25) is 0 Å². The van der Waals surface area contributed by atoms with Crippen LogP contribution in [0, 0.1) is 5.82 Å². The van der Waals surface area contributed by atoms with Crippen molar-refractivity contribution in [3.05, 3.63) is 62.3 Å². The third kappa shape index (κ3) is 2.62. The average Bonchev–Trinajstić information content (AvgIpc) is 2.41. The zero-order valence-corrected chi connectivity index (χ0v) is 13.5. The van der Waals surface area contributed by atoms with Crippen molar-refractivity contribution >= 4 is 31.9 Å². The van der Waals surface area contributed by atoms with Crippen LogP contribution in [-0.4, -0.2) is 5.11 Å². The first kappa shape index (κ1) is 14.0. The lowest BCUT2D eigenvalue weighted by Gasteiger charge is -2.30. The normalized spacial score (nSPS) is 21.2. The molecule has 2 nitrogen and oxygen atoms in total. The molecule has 3 rings (SSSR count). The Morgan fingerprint density at radius 3 is 2.70 bits per heavy atom. The van der Waals surface area contributed by atoms with E-state index in [0.29, 0.717) is 16.6 Å². The van der Waals surface area contributed by atoms with Crippen LogP contribution in [0.25, 0.3) is 0 Å². The Bertz CT molecular complexity index is 660. The highest BCUT2D eigenvalue weighted by Gasteiger charge is 2.28. The second-order valence-corrected chi connectivity index (χ2v) is 6.48. The minimum absolute atomic E-state index is 0.333. The summed E-state index contributed by atoms with van der Waals surface area (Å²) in [4.78, 5) is 0. The number of hydrogen-bond acceptors (Lipinski definition) is 2. The molecule has 1 aliphatic rings. The minimum atomic E-state index is -0.608. The van der Waals surface area contributed by atoms with E-state index in [9.17, 15) is 9.50 Å². The van der Waals surface area contributed by atoms with Crippen LogP contribution in [0.3, 0.4) is 0 Å². The van der Waals surface area contributed by atoms with Gasteiger partial charge in [-0.05, 0) is 45.8 Å². The molecule has 0 bridgehead atoms. The van der Waals surface area contributed by atoms with Crippen LogP contribution in [0.15, 0.2) is 45.3 Å². The molecular formula is C15H11Br2FO2. The molecule has 1 N–H and O–H groups in total. The van der Waals surface area contributed by atoms with Gasteiger partial charge >= 0.3 is 0 Å². The van der Waals surface area contributed by atoms with E-state index in [1.807, 2.05) is 18.2 Å². The van der Waals surface area contributed by atoms with Crippen molar-refractivity contribution in [3.63, 3.8) is 0 Å². The summed E-state index contributed by atoms with van der Waals surface area (Å²) in [5, 5.41) is 10.2. The predicted molar refractivity (Wildman–Crippen MR) is 81.2 cm³/mol. The van der Waals surface area contributed by atoms with Gasteiger partial charge in [-0.2, -0.15) is 0 Å². The Hall–Kier alpha value is -0.910. The Balaban J connectivity index is 1.96. The molecule has 2 atom stereocenters. The lowest BCUT2D eigenvalue weighted by atomic mass is 9.95. The Labute approximate surface area is 132 Å². The number of aliphatic hydroxyl groups is 1. The molecule has 0 spiro atoms. The van der Waals surface area contributed by atoms with Crippen LogP contribution in [-0.2, 0) is 0 Å². The Morgan fingerprint density at radius 1 is 1.15 bits per heavy atom. The third-order valence-electron chi connectivity index (χ3n) is 3.36. The van der Waals surface area contributed by atoms with Gasteiger partial charge in [0.1, 0.15) is 17.7 Å². The highest BCUT2D eigenvalue weighted by atomic mass is 79.9. The first-order chi connectivity index (χ1) is 9.54. The largest absolute Gasteiger partial charge is 0.485 e. The molecule has 1 aliphatic heterocycles. The standard InChI is InChI=1S/C15H11Br2FO2/c16-9-2-3-10-13(19)7-14(20-15(10)6-9)8-1-4-11(17)12(18)5-8/h1-6,13-14,19H,7H2/t13-,14?/m1/s1. The van der Waals surface area contributed by atoms with Crippen molar-refractivity contribution in [2.24, 2.45) is 0 Å². The summed E-state index contributed by atoms with van der Waals surface area (Å²) in [7, 11) is 0. The molecule has 0 aliphatic carbocycles. The second-order valence-electron chi connectivity index (χ2n) is 4.71. The minimum Gasteiger partial charge on any atom is -0.485 e. The molecule has 0 saturated heterocycles. The quantitative estimate of drug-likeness (QED) is 0.735. The fourth-order valence-electron chi connectivity index (χ4n) is 2.33. The van der Waals surface area contributed by atoms with Gasteiger partial charge in [0.15, 0.2) is 0 Å². The molecule has 20 heavy (non-hydrogen) atoms. The molecule has 0 aromatic heterocycles. The topological polar surface area (TPSA) is 29.5 Å². The summed E-state index contributed by atoms with van der Waals surface area (Å²) in [5.74, 6) is 0.298. The molecule has 0 saturated carbocycles. The number of rotatable bonds is 1. The van der Waals surface area contributed by atoms with E-state index >= 15 is 0 Å². The van der Waals surface area contributed by atoms with Crippen molar-refractivity contribution in [3.8, 4) is 5.75 Å². The lowest BCUT2D eigenvalue weighted by molar-refractivity contribution is 0.0655. The summed E-state index contributed by atoms with van der Waals surface area (Å²) in [5.41, 5.74) is 1.48. The SMILES string of the molecule is O[C@@H]1CC(c2ccc(Br)c(F)c2)Oc2cc(Br)ccc21. The molecule has 2 aromatic rings. The first-order valence-electron chi connectivity index (χ1n) is 6.13. The van der Waals surface area contributed by atoms with Crippen molar-refractivity contribution < 1.29 is 14.2 Å². The molecule has 2 aromatic carbocycles. The smallest absolute Gasteiger partial charge is 0.137 e. The Kier molecular flexibility index (Phi) is 3.84. The second kappa shape index (κ2) is 5.47. The van der Waals surface area contributed by atoms with E-state index in [4.69, 9.17) is 4.74 Å². The summed E-state index contributed by atoms with van der Waals surface area (Å²) in [6, 6.07) is 10.4. The first-order valence-corrected chi connectivity index (χ1v) is 7.72. The van der Waals surface area contributed by atoms with E-state index in [1.54, 1.807) is 12.1 Å². The van der Waals surface area contributed by atoms with E-state index in [1.165, 1.54) is 6.07 Å². The van der Waals surface area contributed by atoms with E-state index in [-0.39, 0.29) is 11.9 Å². The van der Waals surface area contributed by atoms with Gasteiger partial charge in [0, 0.05) is 16.5 Å². The molecule has 1 unspecified atom stereocenters. The van der Waals surface area contributed by atoms with Gasteiger partial charge < -0.3 is 9.84 Å². The highest BCUT2D eigenvalue weighted by Crippen LogP contribution is 2.42. The molecule has 0 fully saturated rings. The van der Waals surface area contributed by atoms with Gasteiger partial charge in [-0.3, -0.25) is 0 Å². The van der Waals surface area contributed by atoms with Crippen molar-refractivity contribution in [2.75, 3.05) is 0 Å². The molecule has 1 heterocycles. The van der Waals surface area contributed by atoms with Crippen LogP contribution in [0.1, 0.15) is 29.8 Å². The fourth-order valence-corrected chi connectivity index (χ4v) is 2.92. The number of fused-ring (bicyclic) bond motifs is 1. The van der Waals surface area contributed by atoms with Crippen LogP contribution in [0.4, 0.5) is 4.39 Å². The predicted octanol–water partition coefficient (Wildman–Crippen LogP) is 4.91. The number of benzene rings is 2. The zero-order chi connectivity index (χ0) is 14.3. The van der Waals surface area contributed by atoms with Gasteiger partial charge in [0.05, 0.1) is 10.6 Å². The van der Waals surface area contributed by atoms with Crippen molar-refractivity contribution in [1.82, 2.24) is 0 Å². The maximum absolute atomic E-state index is 13.6. The van der Waals surface area contributed by atoms with Crippen LogP contribution < -0.4 is 4.74 Å². The van der Waals surface area contributed by atoms with Crippen molar-refractivity contribution in [2.45, 2.75) is 18.6 Å². The Morgan fingerprint density at radius 2 is 1.95 bits per heavy atom. The summed E-state index contributed by atoms with van der Waals surface area (Å²) in [6.45, 7) is 0. The van der Waals surface area contributed by atoms with E-state index in [0.717, 1.165) is 15.6 Å². The molecule has 104 valence electrons. The fraction of sp³-hybridized carbons (Fsp3) is 0.200. The average molecular weight is 402 g/mol. The molecular weight excluding hydrogens is 391 g/mol. The number of ether oxygens (including phenoxy) is 1. The summed E-state index contributed by atoms with van der Waals surface area (Å²) >= 11 is 6.51. The summed E-state index contributed by atoms with van der Waals surface area (Å²) < 4.78 is 20.8. The summed E-state index contributed by atoms with van der Waals surface area (Å²) in [6.07, 6.45) is -0.548. The number of halogens is 3. The van der Waals surface area contributed by atoms with Crippen LogP contribution in [0.2, 0.25) is 0 Å². The monoisotopic (exact) mass is 400 g/mol. The molecule has 5 heteroatoms. The third-order valence-corrected chi connectivity index (χ3v) is 4.49. The van der Waals surface area contributed by atoms with Gasteiger partial charge in [0.25, 0.3) is 0 Å².